The van der Waals surface area contributed by atoms with Gasteiger partial charge in [0.2, 0.25) is 0 Å². The van der Waals surface area contributed by atoms with Crippen LogP contribution >= 0.6 is 0 Å². The molecule has 0 aliphatic heterocycles. The van der Waals surface area contributed by atoms with Crippen LogP contribution in [0.5, 0.6) is 0 Å². The molecule has 4 heteroatoms. The van der Waals surface area contributed by atoms with Crippen molar-refractivity contribution < 1.29 is 19.3 Å². The van der Waals surface area contributed by atoms with Crippen LogP contribution < -0.4 is 0 Å². The zero-order valence-electron chi connectivity index (χ0n) is 7.08. The van der Waals surface area contributed by atoms with Crippen LogP contribution in [0.3, 0.4) is 0 Å². The number of aliphatic hydroxyl groups is 1. The van der Waals surface area contributed by atoms with Gasteiger partial charge >= 0.3 is 0 Å². The first-order valence-corrected chi connectivity index (χ1v) is 3.55. The van der Waals surface area contributed by atoms with Gasteiger partial charge in [0.1, 0.15) is 6.10 Å². The van der Waals surface area contributed by atoms with Crippen molar-refractivity contribution in [1.82, 2.24) is 0 Å². The van der Waals surface area contributed by atoms with Crippen LogP contribution in [0.1, 0.15) is 0 Å². The molecule has 0 aromatic heterocycles. The van der Waals surface area contributed by atoms with Crippen molar-refractivity contribution in [2.45, 2.75) is 6.10 Å². The molecule has 0 amide bonds. The van der Waals surface area contributed by atoms with E-state index in [-0.39, 0.29) is 12.7 Å². The molecular weight excluding hydrogens is 148 g/mol. The van der Waals surface area contributed by atoms with Gasteiger partial charge < -0.3 is 19.3 Å². The highest BCUT2D eigenvalue weighted by atomic mass is 16.6. The Morgan fingerprint density at radius 1 is 1.18 bits per heavy atom. The molecule has 0 saturated carbocycles. The normalized spacial score (nSPS) is 10.9. The van der Waals surface area contributed by atoms with Crippen LogP contribution in [0.15, 0.2) is 0 Å². The Kier molecular flexibility index (Phi) is 7.83. The highest BCUT2D eigenvalue weighted by Gasteiger charge is 2.06. The number of hydrogen-bond acceptors (Lipinski definition) is 4. The summed E-state index contributed by atoms with van der Waals surface area (Å²) in [4.78, 5) is 0. The van der Waals surface area contributed by atoms with Crippen LogP contribution in [-0.2, 0) is 14.2 Å². The van der Waals surface area contributed by atoms with E-state index < -0.39 is 0 Å². The molecule has 0 bridgehead atoms. The number of rotatable bonds is 7. The van der Waals surface area contributed by atoms with E-state index in [2.05, 4.69) is 0 Å². The summed E-state index contributed by atoms with van der Waals surface area (Å²) in [6, 6.07) is 0. The van der Waals surface area contributed by atoms with E-state index in [0.29, 0.717) is 19.8 Å². The molecular formula is C7H16O4. The van der Waals surface area contributed by atoms with Crippen molar-refractivity contribution in [3.05, 3.63) is 0 Å². The summed E-state index contributed by atoms with van der Waals surface area (Å²) in [6.45, 7) is 1.35. The fraction of sp³-hybridized carbons (Fsp3) is 1.00. The average molecular weight is 164 g/mol. The molecule has 0 aliphatic carbocycles. The number of hydrogen-bond donors (Lipinski definition) is 1. The molecule has 4 nitrogen and oxygen atoms in total. The molecule has 0 aromatic rings. The zero-order valence-corrected chi connectivity index (χ0v) is 7.08. The predicted octanol–water partition coefficient (Wildman–Crippen LogP) is -0.343. The summed E-state index contributed by atoms with van der Waals surface area (Å²) in [5.41, 5.74) is 0. The van der Waals surface area contributed by atoms with Gasteiger partial charge in [-0.05, 0) is 0 Å². The third kappa shape index (κ3) is 6.25. The van der Waals surface area contributed by atoms with E-state index in [1.807, 2.05) is 0 Å². The third-order valence-electron chi connectivity index (χ3n) is 1.15. The Morgan fingerprint density at radius 3 is 2.09 bits per heavy atom. The maximum atomic E-state index is 8.44. The minimum absolute atomic E-state index is 0.0317. The quantitative estimate of drug-likeness (QED) is 0.559. The first-order valence-electron chi connectivity index (χ1n) is 3.55. The van der Waals surface area contributed by atoms with Crippen LogP contribution in [0, 0.1) is 0 Å². The zero-order chi connectivity index (χ0) is 8.53. The van der Waals surface area contributed by atoms with Crippen molar-refractivity contribution >= 4 is 0 Å². The Balaban J connectivity index is 3.34. The van der Waals surface area contributed by atoms with E-state index >= 15 is 0 Å². The first-order chi connectivity index (χ1) is 5.35. The van der Waals surface area contributed by atoms with Crippen LogP contribution in [0.4, 0.5) is 0 Å². The largest absolute Gasteiger partial charge is 0.394 e. The lowest BCUT2D eigenvalue weighted by molar-refractivity contribution is -0.0501. The first kappa shape index (κ1) is 10.8. The highest BCUT2D eigenvalue weighted by molar-refractivity contribution is 4.53. The number of ether oxygens (including phenoxy) is 3. The Labute approximate surface area is 67.1 Å². The van der Waals surface area contributed by atoms with E-state index in [1.54, 1.807) is 14.2 Å². The molecule has 1 N–H and O–H groups in total. The summed E-state index contributed by atoms with van der Waals surface area (Å²) in [5.74, 6) is 0. The summed E-state index contributed by atoms with van der Waals surface area (Å²) >= 11 is 0. The molecule has 11 heavy (non-hydrogen) atoms. The van der Waals surface area contributed by atoms with E-state index in [4.69, 9.17) is 19.3 Å². The second-order valence-corrected chi connectivity index (χ2v) is 2.13. The fourth-order valence-electron chi connectivity index (χ4n) is 0.735. The van der Waals surface area contributed by atoms with E-state index in [1.165, 1.54) is 0 Å². The molecule has 0 saturated heterocycles. The van der Waals surface area contributed by atoms with Gasteiger partial charge in [-0.3, -0.25) is 0 Å². The van der Waals surface area contributed by atoms with Crippen molar-refractivity contribution in [3.8, 4) is 0 Å². The van der Waals surface area contributed by atoms with Crippen LogP contribution in [0.25, 0.3) is 0 Å². The molecule has 0 fully saturated rings. The minimum Gasteiger partial charge on any atom is -0.394 e. The lowest BCUT2D eigenvalue weighted by atomic mass is 10.4. The second kappa shape index (κ2) is 7.94. The Hall–Kier alpha value is -0.160. The minimum atomic E-state index is -0.0721. The molecule has 0 aliphatic rings. The summed E-state index contributed by atoms with van der Waals surface area (Å²) in [6.07, 6.45) is -0.0721. The van der Waals surface area contributed by atoms with Gasteiger partial charge in [0, 0.05) is 14.2 Å². The molecule has 0 aromatic carbocycles. The van der Waals surface area contributed by atoms with Crippen LogP contribution in [0.2, 0.25) is 0 Å². The highest BCUT2D eigenvalue weighted by Crippen LogP contribution is 1.92. The van der Waals surface area contributed by atoms with Gasteiger partial charge in [0.05, 0.1) is 26.4 Å². The SMILES string of the molecule is COCC(COC)OCCO. The van der Waals surface area contributed by atoms with Gasteiger partial charge in [0.15, 0.2) is 0 Å². The lowest BCUT2D eigenvalue weighted by Gasteiger charge is -2.14. The smallest absolute Gasteiger partial charge is 0.104 e. The maximum Gasteiger partial charge on any atom is 0.104 e. The summed E-state index contributed by atoms with van der Waals surface area (Å²) in [5, 5.41) is 8.44. The molecule has 0 rings (SSSR count). The monoisotopic (exact) mass is 164 g/mol. The third-order valence-corrected chi connectivity index (χ3v) is 1.15. The lowest BCUT2D eigenvalue weighted by Crippen LogP contribution is -2.25. The van der Waals surface area contributed by atoms with Crippen LogP contribution in [-0.4, -0.2) is 51.9 Å². The Bertz CT molecular complexity index is 70.8. The molecule has 0 spiro atoms. The number of aliphatic hydroxyl groups excluding tert-OH is 1. The molecule has 0 unspecified atom stereocenters. The summed E-state index contributed by atoms with van der Waals surface area (Å²) in [7, 11) is 3.20. The van der Waals surface area contributed by atoms with Gasteiger partial charge in [-0.25, -0.2) is 0 Å². The Morgan fingerprint density at radius 2 is 1.73 bits per heavy atom. The molecule has 0 atom stereocenters. The van der Waals surface area contributed by atoms with Crippen molar-refractivity contribution in [3.63, 3.8) is 0 Å². The second-order valence-electron chi connectivity index (χ2n) is 2.13. The van der Waals surface area contributed by atoms with E-state index in [9.17, 15) is 0 Å². The molecule has 0 heterocycles. The fourth-order valence-corrected chi connectivity index (χ4v) is 0.735. The van der Waals surface area contributed by atoms with Gasteiger partial charge in [0.25, 0.3) is 0 Å². The standard InChI is InChI=1S/C7H16O4/c1-9-5-7(6-10-2)11-4-3-8/h7-8H,3-6H2,1-2H3. The summed E-state index contributed by atoms with van der Waals surface area (Å²) < 4.78 is 14.9. The average Bonchev–Trinajstić information content (AvgIpc) is 2.01. The van der Waals surface area contributed by atoms with Crippen molar-refractivity contribution in [1.29, 1.82) is 0 Å². The number of methoxy groups -OCH3 is 2. The predicted molar refractivity (Wildman–Crippen MR) is 40.6 cm³/mol. The van der Waals surface area contributed by atoms with Crippen molar-refractivity contribution in [2.24, 2.45) is 0 Å². The topological polar surface area (TPSA) is 47.9 Å². The van der Waals surface area contributed by atoms with E-state index in [0.717, 1.165) is 0 Å². The van der Waals surface area contributed by atoms with Gasteiger partial charge in [-0.2, -0.15) is 0 Å². The van der Waals surface area contributed by atoms with Crippen molar-refractivity contribution in [2.75, 3.05) is 40.6 Å². The molecule has 68 valence electrons. The maximum absolute atomic E-state index is 8.44. The van der Waals surface area contributed by atoms with Gasteiger partial charge in [-0.1, -0.05) is 0 Å². The van der Waals surface area contributed by atoms with Gasteiger partial charge in [-0.15, -0.1) is 0 Å². The molecule has 0 radical (unpaired) electrons.